The first kappa shape index (κ1) is 19.1. The molecule has 2 atom stereocenters. The Morgan fingerprint density at radius 3 is 2.38 bits per heavy atom. The van der Waals surface area contributed by atoms with Crippen molar-refractivity contribution in [2.24, 2.45) is 28.9 Å². The van der Waals surface area contributed by atoms with Crippen LogP contribution in [0, 0.1) is 23.2 Å². The number of amides is 2. The van der Waals surface area contributed by atoms with E-state index in [-0.39, 0.29) is 23.8 Å². The molecule has 6 rings (SSSR count). The Morgan fingerprint density at radius 1 is 1.10 bits per heavy atom. The second-order valence-corrected chi connectivity index (χ2v) is 9.95. The van der Waals surface area contributed by atoms with E-state index in [2.05, 4.69) is 5.32 Å². The molecule has 5 aliphatic rings. The van der Waals surface area contributed by atoms with Gasteiger partial charge in [0.05, 0.1) is 11.5 Å². The molecule has 4 bridgehead atoms. The average molecular weight is 398 g/mol. The summed E-state index contributed by atoms with van der Waals surface area (Å²) in [7, 11) is 0. The van der Waals surface area contributed by atoms with Crippen LogP contribution < -0.4 is 11.1 Å². The number of nitrogens with one attached hydrogen (secondary N) is 1. The molecule has 4 aliphatic carbocycles. The van der Waals surface area contributed by atoms with Crippen LogP contribution in [-0.2, 0) is 16.1 Å². The van der Waals surface area contributed by atoms with E-state index >= 15 is 0 Å². The SMILES string of the molecule is NCc1cccc(NC(=O)[C@@H]2C[C@@H](O)CN2C(=O)C23CC4CC(CC(C4)C2)C3)c1. The number of benzene rings is 1. The summed E-state index contributed by atoms with van der Waals surface area (Å²) in [6, 6.07) is 6.85. The zero-order chi connectivity index (χ0) is 20.2. The molecular weight excluding hydrogens is 366 g/mol. The summed E-state index contributed by atoms with van der Waals surface area (Å²) in [4.78, 5) is 28.5. The molecule has 5 fully saturated rings. The normalized spacial score (nSPS) is 37.7. The minimum atomic E-state index is -0.640. The monoisotopic (exact) mass is 397 g/mol. The number of likely N-dealkylation sites (tertiary alicyclic amines) is 1. The summed E-state index contributed by atoms with van der Waals surface area (Å²) in [6.45, 7) is 0.671. The number of hydrogen-bond acceptors (Lipinski definition) is 4. The van der Waals surface area contributed by atoms with Crippen LogP contribution in [0.1, 0.15) is 50.5 Å². The van der Waals surface area contributed by atoms with Gasteiger partial charge >= 0.3 is 0 Å². The van der Waals surface area contributed by atoms with Crippen molar-refractivity contribution in [1.82, 2.24) is 4.90 Å². The molecule has 6 nitrogen and oxygen atoms in total. The summed E-state index contributed by atoms with van der Waals surface area (Å²) in [5.74, 6) is 1.91. The highest BCUT2D eigenvalue weighted by molar-refractivity contribution is 5.98. The summed E-state index contributed by atoms with van der Waals surface area (Å²) < 4.78 is 0. The van der Waals surface area contributed by atoms with E-state index < -0.39 is 12.1 Å². The molecule has 156 valence electrons. The quantitative estimate of drug-likeness (QED) is 0.726. The van der Waals surface area contributed by atoms with Crippen molar-refractivity contribution in [3.05, 3.63) is 29.8 Å². The maximum Gasteiger partial charge on any atom is 0.247 e. The molecule has 0 unspecified atom stereocenters. The zero-order valence-corrected chi connectivity index (χ0v) is 16.8. The van der Waals surface area contributed by atoms with E-state index in [9.17, 15) is 14.7 Å². The standard InChI is InChI=1S/C23H31N3O3/c24-12-14-2-1-3-18(7-14)25-21(28)20-8-19(27)13-26(20)22(29)23-9-15-4-16(10-23)6-17(5-15)11-23/h1-3,7,15-17,19-20,27H,4-6,8-13,24H2,(H,25,28)/t15?,16?,17?,19-,20+,23?/m1/s1. The molecular formula is C23H31N3O3. The number of anilines is 1. The fraction of sp³-hybridized carbons (Fsp3) is 0.652. The highest BCUT2D eigenvalue weighted by Gasteiger charge is 2.57. The Kier molecular flexibility index (Phi) is 4.67. The number of nitrogens with two attached hydrogens (primary N) is 1. The first-order chi connectivity index (χ1) is 14.0. The predicted molar refractivity (Wildman–Crippen MR) is 110 cm³/mol. The average Bonchev–Trinajstić information content (AvgIpc) is 3.08. The van der Waals surface area contributed by atoms with Gasteiger partial charge in [-0.1, -0.05) is 12.1 Å². The number of carbonyl (C=O) groups excluding carboxylic acids is 2. The van der Waals surface area contributed by atoms with E-state index in [0.717, 1.165) is 24.8 Å². The van der Waals surface area contributed by atoms with Crippen molar-refractivity contribution < 1.29 is 14.7 Å². The van der Waals surface area contributed by atoms with Crippen molar-refractivity contribution in [1.29, 1.82) is 0 Å². The van der Waals surface area contributed by atoms with Crippen molar-refractivity contribution in [2.75, 3.05) is 11.9 Å². The third-order valence-corrected chi connectivity index (χ3v) is 7.76. The van der Waals surface area contributed by atoms with Gasteiger partial charge in [-0.2, -0.15) is 0 Å². The van der Waals surface area contributed by atoms with Gasteiger partial charge < -0.3 is 21.1 Å². The van der Waals surface area contributed by atoms with Gasteiger partial charge in [0.1, 0.15) is 6.04 Å². The number of hydrogen-bond donors (Lipinski definition) is 3. The van der Waals surface area contributed by atoms with Crippen LogP contribution in [0.15, 0.2) is 24.3 Å². The number of aliphatic hydroxyl groups is 1. The van der Waals surface area contributed by atoms with E-state index in [1.165, 1.54) is 19.3 Å². The zero-order valence-electron chi connectivity index (χ0n) is 16.8. The van der Waals surface area contributed by atoms with E-state index in [1.54, 1.807) is 4.90 Å². The molecule has 2 amide bonds. The molecule has 4 N–H and O–H groups in total. The van der Waals surface area contributed by atoms with E-state index in [1.807, 2.05) is 24.3 Å². The topological polar surface area (TPSA) is 95.7 Å². The minimum absolute atomic E-state index is 0.115. The van der Waals surface area contributed by atoms with Gasteiger partial charge in [-0.15, -0.1) is 0 Å². The Bertz CT molecular complexity index is 788. The van der Waals surface area contributed by atoms with Crippen molar-refractivity contribution in [3.63, 3.8) is 0 Å². The lowest BCUT2D eigenvalue weighted by atomic mass is 9.49. The number of carbonyl (C=O) groups is 2. The highest BCUT2D eigenvalue weighted by atomic mass is 16.3. The molecule has 0 aromatic heterocycles. The number of nitrogens with zero attached hydrogens (tertiary/aromatic N) is 1. The Labute approximate surface area is 171 Å². The highest BCUT2D eigenvalue weighted by Crippen LogP contribution is 2.60. The third-order valence-electron chi connectivity index (χ3n) is 7.76. The van der Waals surface area contributed by atoms with Crippen molar-refractivity contribution >= 4 is 17.5 Å². The number of β-amino-alcohol motifs (C(OH)–C–C–N with tert-alkyl or cyclic N) is 1. The lowest BCUT2D eigenvalue weighted by molar-refractivity contribution is -0.160. The lowest BCUT2D eigenvalue weighted by Crippen LogP contribution is -2.56. The van der Waals surface area contributed by atoms with Gasteiger partial charge in [-0.25, -0.2) is 0 Å². The number of aliphatic hydroxyl groups excluding tert-OH is 1. The van der Waals surface area contributed by atoms with Crippen LogP contribution in [0.4, 0.5) is 5.69 Å². The van der Waals surface area contributed by atoms with Crippen LogP contribution in [0.5, 0.6) is 0 Å². The van der Waals surface area contributed by atoms with Crippen LogP contribution >= 0.6 is 0 Å². The van der Waals surface area contributed by atoms with Crippen LogP contribution in [0.3, 0.4) is 0 Å². The third kappa shape index (κ3) is 3.36. The van der Waals surface area contributed by atoms with Crippen molar-refractivity contribution in [3.8, 4) is 0 Å². The fourth-order valence-corrected chi connectivity index (χ4v) is 6.97. The molecule has 0 radical (unpaired) electrons. The molecule has 1 aromatic carbocycles. The molecule has 1 heterocycles. The maximum absolute atomic E-state index is 13.7. The molecule has 1 aromatic rings. The Balaban J connectivity index is 1.35. The van der Waals surface area contributed by atoms with E-state index in [0.29, 0.717) is 36.4 Å². The summed E-state index contributed by atoms with van der Waals surface area (Å²) in [6.07, 6.45) is 6.40. The smallest absolute Gasteiger partial charge is 0.247 e. The summed E-state index contributed by atoms with van der Waals surface area (Å²) in [5.41, 5.74) is 7.02. The predicted octanol–water partition coefficient (Wildman–Crippen LogP) is 2.26. The molecule has 6 heteroatoms. The van der Waals surface area contributed by atoms with Crippen LogP contribution in [-0.4, -0.2) is 40.5 Å². The summed E-state index contributed by atoms with van der Waals surface area (Å²) in [5, 5.41) is 13.2. The van der Waals surface area contributed by atoms with Crippen molar-refractivity contribution in [2.45, 2.75) is 63.6 Å². The van der Waals surface area contributed by atoms with Crippen LogP contribution in [0.2, 0.25) is 0 Å². The van der Waals surface area contributed by atoms with Gasteiger partial charge in [0.15, 0.2) is 0 Å². The molecule has 0 spiro atoms. The molecule has 4 saturated carbocycles. The lowest BCUT2D eigenvalue weighted by Gasteiger charge is -2.56. The van der Waals surface area contributed by atoms with Gasteiger partial charge in [0.25, 0.3) is 0 Å². The number of rotatable bonds is 4. The Hall–Kier alpha value is -1.92. The largest absolute Gasteiger partial charge is 0.391 e. The fourth-order valence-electron chi connectivity index (χ4n) is 6.97. The van der Waals surface area contributed by atoms with Gasteiger partial charge in [-0.3, -0.25) is 9.59 Å². The van der Waals surface area contributed by atoms with Gasteiger partial charge in [0, 0.05) is 25.2 Å². The first-order valence-electron chi connectivity index (χ1n) is 11.0. The van der Waals surface area contributed by atoms with E-state index in [4.69, 9.17) is 5.73 Å². The minimum Gasteiger partial charge on any atom is -0.391 e. The van der Waals surface area contributed by atoms with Gasteiger partial charge in [-0.05, 0) is 74.0 Å². The molecule has 29 heavy (non-hydrogen) atoms. The second kappa shape index (κ2) is 7.10. The second-order valence-electron chi connectivity index (χ2n) is 9.95. The summed E-state index contributed by atoms with van der Waals surface area (Å²) >= 11 is 0. The maximum atomic E-state index is 13.7. The molecule has 1 aliphatic heterocycles. The van der Waals surface area contributed by atoms with Gasteiger partial charge in [0.2, 0.25) is 11.8 Å². The first-order valence-corrected chi connectivity index (χ1v) is 11.0. The van der Waals surface area contributed by atoms with Crippen LogP contribution in [0.25, 0.3) is 0 Å². The Morgan fingerprint density at radius 2 is 1.76 bits per heavy atom. The molecule has 1 saturated heterocycles.